The van der Waals surface area contributed by atoms with Crippen LogP contribution in [0.2, 0.25) is 0 Å². The van der Waals surface area contributed by atoms with E-state index in [1.165, 1.54) is 6.07 Å². The van der Waals surface area contributed by atoms with Crippen LogP contribution < -0.4 is 5.56 Å². The Labute approximate surface area is 102 Å². The number of hydrogen-bond donors (Lipinski definition) is 1. The number of aromatic nitrogens is 2. The predicted octanol–water partition coefficient (Wildman–Crippen LogP) is 2.83. The lowest BCUT2D eigenvalue weighted by molar-refractivity contribution is 0.249. The molecule has 0 atom stereocenters. The van der Waals surface area contributed by atoms with Crippen LogP contribution in [0, 0.1) is 22.5 Å². The van der Waals surface area contributed by atoms with Gasteiger partial charge in [-0.25, -0.2) is 0 Å². The Bertz CT molecular complexity index is 437. The largest absolute Gasteiger partial charge is 0.325 e. The van der Waals surface area contributed by atoms with Gasteiger partial charge in [0, 0.05) is 18.8 Å². The van der Waals surface area contributed by atoms with Gasteiger partial charge in [0.05, 0.1) is 0 Å². The molecule has 4 heteroatoms. The topological polar surface area (TPSA) is 37.8 Å². The molecule has 0 fully saturated rings. The molecule has 0 amide bonds. The summed E-state index contributed by atoms with van der Waals surface area (Å²) in [5.41, 5.74) is -0.133. The third-order valence-electron chi connectivity index (χ3n) is 3.02. The van der Waals surface area contributed by atoms with E-state index in [2.05, 4.69) is 32.7 Å². The zero-order valence-electron chi connectivity index (χ0n) is 10.4. The number of hydrogen-bond acceptors (Lipinski definition) is 2. The summed E-state index contributed by atoms with van der Waals surface area (Å²) < 4.78 is 2.46. The van der Waals surface area contributed by atoms with Crippen LogP contribution in [0.1, 0.15) is 27.7 Å². The molecule has 0 unspecified atom stereocenters. The normalized spacial score (nSPS) is 11.7. The highest BCUT2D eigenvalue weighted by Gasteiger charge is 2.17. The third kappa shape index (κ3) is 3.30. The van der Waals surface area contributed by atoms with E-state index >= 15 is 0 Å². The van der Waals surface area contributed by atoms with Crippen LogP contribution in [0.4, 0.5) is 0 Å². The lowest BCUT2D eigenvalue weighted by Gasteiger charge is -2.25. The van der Waals surface area contributed by atoms with Crippen LogP contribution in [0.5, 0.6) is 0 Å². The van der Waals surface area contributed by atoms with Crippen molar-refractivity contribution < 1.29 is 0 Å². The maximum absolute atomic E-state index is 11.1. The molecular weight excluding hydrogens is 220 g/mol. The molecule has 0 aliphatic carbocycles. The van der Waals surface area contributed by atoms with E-state index in [1.807, 2.05) is 4.57 Å². The standard InChI is InChI=1S/C12H20N2OS/c1-8(2)10(9(3)4)7-14-6-5-11(15)13-12(14)16/h5-6,8-10H,7H2,1-4H3,(H,13,15,16). The highest BCUT2D eigenvalue weighted by Crippen LogP contribution is 2.22. The lowest BCUT2D eigenvalue weighted by atomic mass is 9.85. The van der Waals surface area contributed by atoms with Gasteiger partial charge in [0.2, 0.25) is 0 Å². The van der Waals surface area contributed by atoms with E-state index in [0.717, 1.165) is 6.54 Å². The average molecular weight is 240 g/mol. The van der Waals surface area contributed by atoms with E-state index in [1.54, 1.807) is 6.20 Å². The molecule has 0 aromatic carbocycles. The molecule has 0 aliphatic rings. The van der Waals surface area contributed by atoms with Crippen molar-refractivity contribution in [3.05, 3.63) is 27.4 Å². The molecule has 1 aromatic rings. The van der Waals surface area contributed by atoms with E-state index in [9.17, 15) is 4.79 Å². The first-order valence-electron chi connectivity index (χ1n) is 5.71. The van der Waals surface area contributed by atoms with Crippen LogP contribution in [-0.2, 0) is 6.54 Å². The summed E-state index contributed by atoms with van der Waals surface area (Å²) in [7, 11) is 0. The van der Waals surface area contributed by atoms with E-state index in [-0.39, 0.29) is 5.56 Å². The molecule has 0 saturated heterocycles. The molecule has 0 saturated carbocycles. The van der Waals surface area contributed by atoms with Gasteiger partial charge in [-0.15, -0.1) is 0 Å². The van der Waals surface area contributed by atoms with Gasteiger partial charge >= 0.3 is 0 Å². The number of rotatable bonds is 4. The summed E-state index contributed by atoms with van der Waals surface area (Å²) in [5, 5.41) is 0. The minimum atomic E-state index is -0.133. The van der Waals surface area contributed by atoms with Gasteiger partial charge in [0.1, 0.15) is 0 Å². The minimum absolute atomic E-state index is 0.133. The monoisotopic (exact) mass is 240 g/mol. The highest BCUT2D eigenvalue weighted by atomic mass is 32.1. The number of aromatic amines is 1. The second-order valence-electron chi connectivity index (χ2n) is 4.91. The van der Waals surface area contributed by atoms with E-state index in [0.29, 0.717) is 22.5 Å². The summed E-state index contributed by atoms with van der Waals surface area (Å²) in [4.78, 5) is 13.7. The fourth-order valence-corrected chi connectivity index (χ4v) is 2.24. The fourth-order valence-electron chi connectivity index (χ4n) is 2.01. The number of nitrogens with zero attached hydrogens (tertiary/aromatic N) is 1. The number of nitrogens with one attached hydrogen (secondary N) is 1. The zero-order valence-corrected chi connectivity index (χ0v) is 11.2. The fraction of sp³-hybridized carbons (Fsp3) is 0.667. The van der Waals surface area contributed by atoms with E-state index < -0.39 is 0 Å². The molecule has 1 aromatic heterocycles. The molecule has 0 radical (unpaired) electrons. The second kappa shape index (κ2) is 5.43. The predicted molar refractivity (Wildman–Crippen MR) is 69.1 cm³/mol. The molecule has 0 bridgehead atoms. The molecule has 0 aliphatic heterocycles. The van der Waals surface area contributed by atoms with Crippen LogP contribution in [0.15, 0.2) is 17.1 Å². The van der Waals surface area contributed by atoms with Crippen LogP contribution >= 0.6 is 12.2 Å². The summed E-state index contributed by atoms with van der Waals surface area (Å²) >= 11 is 5.14. The van der Waals surface area contributed by atoms with Crippen molar-refractivity contribution >= 4 is 12.2 Å². The summed E-state index contributed by atoms with van der Waals surface area (Å²) in [6.07, 6.45) is 1.78. The average Bonchev–Trinajstić information content (AvgIpc) is 2.15. The van der Waals surface area contributed by atoms with Crippen molar-refractivity contribution in [1.82, 2.24) is 9.55 Å². The maximum Gasteiger partial charge on any atom is 0.251 e. The van der Waals surface area contributed by atoms with Gasteiger partial charge in [-0.2, -0.15) is 0 Å². The molecule has 90 valence electrons. The van der Waals surface area contributed by atoms with Gasteiger partial charge in [-0.05, 0) is 30.0 Å². The van der Waals surface area contributed by atoms with Gasteiger partial charge in [0.25, 0.3) is 5.56 Å². The van der Waals surface area contributed by atoms with Crippen molar-refractivity contribution in [1.29, 1.82) is 0 Å². The van der Waals surface area contributed by atoms with Crippen molar-refractivity contribution in [3.8, 4) is 0 Å². The van der Waals surface area contributed by atoms with Crippen molar-refractivity contribution in [2.75, 3.05) is 0 Å². The number of H-pyrrole nitrogens is 1. The minimum Gasteiger partial charge on any atom is -0.325 e. The van der Waals surface area contributed by atoms with Gasteiger partial charge < -0.3 is 4.57 Å². The zero-order chi connectivity index (χ0) is 12.3. The van der Waals surface area contributed by atoms with Crippen LogP contribution in [0.3, 0.4) is 0 Å². The lowest BCUT2D eigenvalue weighted by Crippen LogP contribution is -2.23. The first-order chi connectivity index (χ1) is 7.41. The Kier molecular flexibility index (Phi) is 4.47. The van der Waals surface area contributed by atoms with Crippen molar-refractivity contribution in [2.45, 2.75) is 34.2 Å². The highest BCUT2D eigenvalue weighted by molar-refractivity contribution is 7.71. The summed E-state index contributed by atoms with van der Waals surface area (Å²) in [6.45, 7) is 9.75. The third-order valence-corrected chi connectivity index (χ3v) is 3.35. The molecule has 0 spiro atoms. The summed E-state index contributed by atoms with van der Waals surface area (Å²) in [5.74, 6) is 1.78. The van der Waals surface area contributed by atoms with Gasteiger partial charge in [-0.1, -0.05) is 27.7 Å². The Hall–Kier alpha value is -0.900. The molecule has 3 nitrogen and oxygen atoms in total. The molecule has 1 N–H and O–H groups in total. The Morgan fingerprint density at radius 3 is 2.31 bits per heavy atom. The van der Waals surface area contributed by atoms with Gasteiger partial charge in [-0.3, -0.25) is 9.78 Å². The maximum atomic E-state index is 11.1. The SMILES string of the molecule is CC(C)C(Cn1ccc(=O)[nH]c1=S)C(C)C. The molecule has 1 rings (SSSR count). The van der Waals surface area contributed by atoms with Crippen LogP contribution in [-0.4, -0.2) is 9.55 Å². The molecular formula is C12H20N2OS. The first-order valence-corrected chi connectivity index (χ1v) is 6.12. The Morgan fingerprint density at radius 2 is 1.88 bits per heavy atom. The van der Waals surface area contributed by atoms with Crippen molar-refractivity contribution in [3.63, 3.8) is 0 Å². The molecule has 1 heterocycles. The Balaban J connectivity index is 2.94. The summed E-state index contributed by atoms with van der Waals surface area (Å²) in [6, 6.07) is 1.52. The van der Waals surface area contributed by atoms with E-state index in [4.69, 9.17) is 12.2 Å². The van der Waals surface area contributed by atoms with Crippen molar-refractivity contribution in [2.24, 2.45) is 17.8 Å². The quantitative estimate of drug-likeness (QED) is 0.822. The first kappa shape index (κ1) is 13.2. The van der Waals surface area contributed by atoms with Gasteiger partial charge in [0.15, 0.2) is 4.77 Å². The molecule has 16 heavy (non-hydrogen) atoms. The van der Waals surface area contributed by atoms with Crippen LogP contribution in [0.25, 0.3) is 0 Å². The second-order valence-corrected chi connectivity index (χ2v) is 5.30. The Morgan fingerprint density at radius 1 is 1.31 bits per heavy atom. The smallest absolute Gasteiger partial charge is 0.251 e.